The van der Waals surface area contributed by atoms with Gasteiger partial charge in [0.25, 0.3) is 5.91 Å². The van der Waals surface area contributed by atoms with E-state index < -0.39 is 5.91 Å². The van der Waals surface area contributed by atoms with Crippen LogP contribution in [0, 0.1) is 5.92 Å². The number of nitrogens with one attached hydrogen (secondary N) is 2. The molecule has 6 heteroatoms. The number of carbonyl (C=O) groups excluding carboxylic acids is 2. The first-order valence-electron chi connectivity index (χ1n) is 6.11. The first kappa shape index (κ1) is 12.6. The molecule has 98 valence electrons. The number of nitrogens with two attached hydrogens (primary N) is 2. The number of primary amides is 1. The number of aromatic nitrogens is 1. The maximum absolute atomic E-state index is 12.0. The highest BCUT2D eigenvalue weighted by Crippen LogP contribution is 2.24. The van der Waals surface area contributed by atoms with Gasteiger partial charge < -0.3 is 21.8 Å². The number of rotatable bonds is 3. The highest BCUT2D eigenvalue weighted by molar-refractivity contribution is 5.96. The van der Waals surface area contributed by atoms with Crippen LogP contribution < -0.4 is 16.8 Å². The fraction of sp³-hybridized carbons (Fsp3) is 0.500. The Kier molecular flexibility index (Phi) is 3.66. The summed E-state index contributed by atoms with van der Waals surface area (Å²) in [4.78, 5) is 25.6. The second-order valence-corrected chi connectivity index (χ2v) is 4.78. The van der Waals surface area contributed by atoms with Gasteiger partial charge in [0.2, 0.25) is 5.91 Å². The fourth-order valence-corrected chi connectivity index (χ4v) is 2.32. The molecule has 0 aliphatic heterocycles. The molecule has 2 rings (SSSR count). The van der Waals surface area contributed by atoms with Crippen molar-refractivity contribution in [1.82, 2.24) is 4.98 Å². The lowest BCUT2D eigenvalue weighted by molar-refractivity contribution is -0.120. The minimum absolute atomic E-state index is 0.0410. The van der Waals surface area contributed by atoms with Gasteiger partial charge in [-0.25, -0.2) is 0 Å². The third-order valence-corrected chi connectivity index (χ3v) is 3.30. The maximum Gasteiger partial charge on any atom is 0.265 e. The van der Waals surface area contributed by atoms with E-state index >= 15 is 0 Å². The number of anilines is 1. The molecule has 2 atom stereocenters. The molecule has 0 spiro atoms. The number of H-pyrrole nitrogens is 1. The van der Waals surface area contributed by atoms with Crippen LogP contribution in [0.15, 0.2) is 12.3 Å². The summed E-state index contributed by atoms with van der Waals surface area (Å²) in [5.74, 6) is -0.629. The molecule has 1 aromatic rings. The van der Waals surface area contributed by atoms with Gasteiger partial charge in [-0.1, -0.05) is 6.42 Å². The van der Waals surface area contributed by atoms with E-state index in [0.717, 1.165) is 25.7 Å². The van der Waals surface area contributed by atoms with Crippen molar-refractivity contribution in [3.05, 3.63) is 18.0 Å². The second kappa shape index (κ2) is 5.22. The first-order valence-corrected chi connectivity index (χ1v) is 6.11. The molecular formula is C12H18N4O2. The van der Waals surface area contributed by atoms with Gasteiger partial charge in [0.1, 0.15) is 5.69 Å². The lowest BCUT2D eigenvalue weighted by atomic mass is 9.85. The number of carbonyl (C=O) groups is 2. The van der Waals surface area contributed by atoms with E-state index in [-0.39, 0.29) is 23.6 Å². The average Bonchev–Trinajstić information content (AvgIpc) is 2.77. The molecule has 1 aliphatic carbocycles. The van der Waals surface area contributed by atoms with E-state index in [0.29, 0.717) is 5.69 Å². The number of hydrogen-bond donors (Lipinski definition) is 4. The Morgan fingerprint density at radius 1 is 1.39 bits per heavy atom. The van der Waals surface area contributed by atoms with Crippen LogP contribution in [0.2, 0.25) is 0 Å². The quantitative estimate of drug-likeness (QED) is 0.628. The van der Waals surface area contributed by atoms with Gasteiger partial charge in [-0.2, -0.15) is 0 Å². The fourth-order valence-electron chi connectivity index (χ4n) is 2.32. The predicted octanol–water partition coefficient (Wildman–Crippen LogP) is 0.570. The van der Waals surface area contributed by atoms with Gasteiger partial charge >= 0.3 is 0 Å². The first-order chi connectivity index (χ1) is 8.56. The van der Waals surface area contributed by atoms with Crippen LogP contribution in [0.5, 0.6) is 0 Å². The molecule has 2 amide bonds. The molecule has 1 heterocycles. The van der Waals surface area contributed by atoms with E-state index in [1.54, 1.807) is 6.20 Å². The summed E-state index contributed by atoms with van der Waals surface area (Å²) in [6.07, 6.45) is 5.12. The normalized spacial score (nSPS) is 23.6. The zero-order valence-electron chi connectivity index (χ0n) is 10.1. The van der Waals surface area contributed by atoms with Crippen molar-refractivity contribution in [2.24, 2.45) is 17.4 Å². The summed E-state index contributed by atoms with van der Waals surface area (Å²) < 4.78 is 0. The van der Waals surface area contributed by atoms with Crippen LogP contribution in [0.3, 0.4) is 0 Å². The topological polar surface area (TPSA) is 114 Å². The molecular weight excluding hydrogens is 232 g/mol. The number of aromatic amines is 1. The van der Waals surface area contributed by atoms with Crippen molar-refractivity contribution in [2.75, 3.05) is 5.32 Å². The molecule has 6 nitrogen and oxygen atoms in total. The molecule has 0 saturated heterocycles. The molecule has 1 aliphatic rings. The molecule has 1 aromatic heterocycles. The van der Waals surface area contributed by atoms with Gasteiger partial charge in [0, 0.05) is 18.2 Å². The third kappa shape index (κ3) is 2.89. The molecule has 1 fully saturated rings. The smallest absolute Gasteiger partial charge is 0.265 e. The van der Waals surface area contributed by atoms with Crippen molar-refractivity contribution in [3.63, 3.8) is 0 Å². The maximum atomic E-state index is 12.0. The van der Waals surface area contributed by atoms with Crippen LogP contribution in [0.4, 0.5) is 5.69 Å². The highest BCUT2D eigenvalue weighted by atomic mass is 16.2. The van der Waals surface area contributed by atoms with Gasteiger partial charge in [0.15, 0.2) is 0 Å². The second-order valence-electron chi connectivity index (χ2n) is 4.78. The van der Waals surface area contributed by atoms with Gasteiger partial charge in [0.05, 0.1) is 5.69 Å². The molecule has 1 saturated carbocycles. The Labute approximate surface area is 105 Å². The minimum atomic E-state index is -0.546. The highest BCUT2D eigenvalue weighted by Gasteiger charge is 2.25. The Morgan fingerprint density at radius 2 is 2.17 bits per heavy atom. The van der Waals surface area contributed by atoms with Crippen molar-refractivity contribution in [2.45, 2.75) is 31.7 Å². The molecule has 2 unspecified atom stereocenters. The predicted molar refractivity (Wildman–Crippen MR) is 67.9 cm³/mol. The Hall–Kier alpha value is -1.82. The van der Waals surface area contributed by atoms with Crippen molar-refractivity contribution < 1.29 is 9.59 Å². The average molecular weight is 250 g/mol. The van der Waals surface area contributed by atoms with Gasteiger partial charge in [-0.05, 0) is 25.3 Å². The lowest BCUT2D eigenvalue weighted by Crippen LogP contribution is -2.34. The summed E-state index contributed by atoms with van der Waals surface area (Å²) in [6, 6.07) is 1.64. The Morgan fingerprint density at radius 3 is 2.78 bits per heavy atom. The molecule has 0 aromatic carbocycles. The molecule has 18 heavy (non-hydrogen) atoms. The summed E-state index contributed by atoms with van der Waals surface area (Å²) in [5, 5.41) is 2.77. The van der Waals surface area contributed by atoms with Crippen LogP contribution in [-0.4, -0.2) is 22.8 Å². The van der Waals surface area contributed by atoms with E-state index in [1.165, 1.54) is 6.07 Å². The molecule has 6 N–H and O–H groups in total. The summed E-state index contributed by atoms with van der Waals surface area (Å²) in [6.45, 7) is 0. The largest absolute Gasteiger partial charge is 0.364 e. The van der Waals surface area contributed by atoms with Crippen LogP contribution in [-0.2, 0) is 4.79 Å². The zero-order chi connectivity index (χ0) is 13.1. The van der Waals surface area contributed by atoms with Gasteiger partial charge in [-0.15, -0.1) is 0 Å². The third-order valence-electron chi connectivity index (χ3n) is 3.30. The Balaban J connectivity index is 1.95. The zero-order valence-corrected chi connectivity index (χ0v) is 10.1. The van der Waals surface area contributed by atoms with E-state index in [2.05, 4.69) is 10.3 Å². The van der Waals surface area contributed by atoms with Crippen LogP contribution in [0.25, 0.3) is 0 Å². The van der Waals surface area contributed by atoms with E-state index in [1.807, 2.05) is 0 Å². The molecule has 0 bridgehead atoms. The molecule has 0 radical (unpaired) electrons. The summed E-state index contributed by atoms with van der Waals surface area (Å²) >= 11 is 0. The standard InChI is InChI=1S/C12H18N4O2/c13-8-3-1-2-7(4-8)12(18)16-9-5-10(11(14)17)15-6-9/h5-8,15H,1-4,13H2,(H2,14,17)(H,16,18). The van der Waals surface area contributed by atoms with Gasteiger partial charge in [-0.3, -0.25) is 9.59 Å². The Bertz CT molecular complexity index is 455. The number of hydrogen-bond acceptors (Lipinski definition) is 3. The van der Waals surface area contributed by atoms with Crippen molar-refractivity contribution >= 4 is 17.5 Å². The summed E-state index contributed by atoms with van der Waals surface area (Å²) in [7, 11) is 0. The van der Waals surface area contributed by atoms with E-state index in [4.69, 9.17) is 11.5 Å². The van der Waals surface area contributed by atoms with Crippen molar-refractivity contribution in [1.29, 1.82) is 0 Å². The monoisotopic (exact) mass is 250 g/mol. The van der Waals surface area contributed by atoms with Crippen LogP contribution in [0.1, 0.15) is 36.2 Å². The summed E-state index contributed by atoms with van der Waals surface area (Å²) in [5.41, 5.74) is 11.8. The van der Waals surface area contributed by atoms with E-state index in [9.17, 15) is 9.59 Å². The number of amides is 2. The van der Waals surface area contributed by atoms with Crippen LogP contribution >= 0.6 is 0 Å². The SMILES string of the molecule is NC(=O)c1cc(NC(=O)C2CCCC(N)C2)c[nH]1. The van der Waals surface area contributed by atoms with Crippen molar-refractivity contribution in [3.8, 4) is 0 Å². The lowest BCUT2D eigenvalue weighted by Gasteiger charge is -2.25. The minimum Gasteiger partial charge on any atom is -0.364 e.